The maximum atomic E-state index is 12.1. The average molecular weight is 326 g/mol. The molecule has 0 heterocycles. The third-order valence-electron chi connectivity index (χ3n) is 4.08. The van der Waals surface area contributed by atoms with Crippen LogP contribution in [0.2, 0.25) is 0 Å². The first-order chi connectivity index (χ1) is 10.7. The van der Waals surface area contributed by atoms with Gasteiger partial charge in [0.15, 0.2) is 0 Å². The monoisotopic (exact) mass is 326 g/mol. The van der Waals surface area contributed by atoms with Gasteiger partial charge in [0, 0.05) is 18.4 Å². The number of hydrogen-bond donors (Lipinski definition) is 2. The van der Waals surface area contributed by atoms with Crippen LogP contribution in [0.3, 0.4) is 0 Å². The molecule has 0 saturated heterocycles. The molecule has 0 spiro atoms. The van der Waals surface area contributed by atoms with E-state index in [-0.39, 0.29) is 11.5 Å². The Balaban J connectivity index is 3.19. The number of carbonyl (C=O) groups excluding carboxylic acids is 2. The highest BCUT2D eigenvalue weighted by Crippen LogP contribution is 2.34. The van der Waals surface area contributed by atoms with Gasteiger partial charge in [-0.25, -0.2) is 4.79 Å². The van der Waals surface area contributed by atoms with Crippen molar-refractivity contribution in [1.29, 1.82) is 0 Å². The molecule has 130 valence electrons. The molecule has 2 N–H and O–H groups in total. The number of esters is 2. The number of rotatable bonds is 5. The second kappa shape index (κ2) is 8.26. The molecule has 4 atom stereocenters. The van der Waals surface area contributed by atoms with Crippen molar-refractivity contribution < 1.29 is 29.3 Å². The molecule has 23 heavy (non-hydrogen) atoms. The third kappa shape index (κ3) is 4.65. The van der Waals surface area contributed by atoms with E-state index in [0.29, 0.717) is 5.57 Å². The fourth-order valence-corrected chi connectivity index (χ4v) is 2.72. The van der Waals surface area contributed by atoms with E-state index in [1.807, 2.05) is 13.8 Å². The summed E-state index contributed by atoms with van der Waals surface area (Å²) in [5.41, 5.74) is 0.702. The predicted octanol–water partition coefficient (Wildman–Crippen LogP) is 1.36. The number of carbonyl (C=O) groups is 2. The summed E-state index contributed by atoms with van der Waals surface area (Å²) >= 11 is 0. The highest BCUT2D eigenvalue weighted by atomic mass is 16.6. The van der Waals surface area contributed by atoms with Crippen LogP contribution in [0.15, 0.2) is 23.3 Å². The lowest BCUT2D eigenvalue weighted by Crippen LogP contribution is -2.50. The number of ether oxygens (including phenoxy) is 2. The molecular formula is C17H26O6. The normalized spacial score (nSPS) is 28.3. The number of aliphatic hydroxyl groups excluding tert-OH is 2. The lowest BCUT2D eigenvalue weighted by atomic mass is 9.76. The molecule has 0 fully saturated rings. The van der Waals surface area contributed by atoms with Crippen LogP contribution in [-0.4, -0.2) is 47.1 Å². The Kier molecular flexibility index (Phi) is 6.97. The minimum Gasteiger partial charge on any atom is -0.458 e. The molecular weight excluding hydrogens is 300 g/mol. The summed E-state index contributed by atoms with van der Waals surface area (Å²) in [4.78, 5) is 23.4. The molecule has 0 bridgehead atoms. The van der Waals surface area contributed by atoms with Gasteiger partial charge in [-0.1, -0.05) is 19.9 Å². The molecule has 1 rings (SSSR count). The van der Waals surface area contributed by atoms with Crippen LogP contribution in [0.1, 0.15) is 34.6 Å². The van der Waals surface area contributed by atoms with E-state index in [1.165, 1.54) is 6.92 Å². The Morgan fingerprint density at radius 1 is 1.30 bits per heavy atom. The van der Waals surface area contributed by atoms with E-state index in [9.17, 15) is 19.8 Å². The molecule has 0 radical (unpaired) electrons. The van der Waals surface area contributed by atoms with Gasteiger partial charge in [-0.15, -0.1) is 0 Å². The van der Waals surface area contributed by atoms with Crippen LogP contribution in [0.5, 0.6) is 0 Å². The van der Waals surface area contributed by atoms with Crippen LogP contribution in [-0.2, 0) is 19.1 Å². The summed E-state index contributed by atoms with van der Waals surface area (Å²) in [5, 5.41) is 19.9. The Bertz CT molecular complexity index is 505. The van der Waals surface area contributed by atoms with Crippen LogP contribution in [0.4, 0.5) is 0 Å². The molecule has 4 unspecified atom stereocenters. The van der Waals surface area contributed by atoms with Crippen molar-refractivity contribution in [1.82, 2.24) is 0 Å². The van der Waals surface area contributed by atoms with Crippen molar-refractivity contribution in [3.63, 3.8) is 0 Å². The SMILES string of the molecule is CC=C(C)C(=O)OC1C(O)C(CO)=CC(OC(C)=O)C1C(C)C. The van der Waals surface area contributed by atoms with Gasteiger partial charge in [0.05, 0.1) is 6.61 Å². The fourth-order valence-electron chi connectivity index (χ4n) is 2.72. The molecule has 0 saturated carbocycles. The molecule has 6 nitrogen and oxygen atoms in total. The lowest BCUT2D eigenvalue weighted by molar-refractivity contribution is -0.167. The summed E-state index contributed by atoms with van der Waals surface area (Å²) < 4.78 is 10.8. The van der Waals surface area contributed by atoms with Gasteiger partial charge in [0.25, 0.3) is 0 Å². The fraction of sp³-hybridized carbons (Fsp3) is 0.647. The van der Waals surface area contributed by atoms with Crippen molar-refractivity contribution in [2.24, 2.45) is 11.8 Å². The average Bonchev–Trinajstić information content (AvgIpc) is 2.48. The molecule has 6 heteroatoms. The highest BCUT2D eigenvalue weighted by Gasteiger charge is 2.44. The zero-order valence-electron chi connectivity index (χ0n) is 14.3. The Morgan fingerprint density at radius 3 is 2.35 bits per heavy atom. The van der Waals surface area contributed by atoms with Crippen LogP contribution in [0, 0.1) is 11.8 Å². The Morgan fingerprint density at radius 2 is 1.91 bits per heavy atom. The smallest absolute Gasteiger partial charge is 0.333 e. The highest BCUT2D eigenvalue weighted by molar-refractivity contribution is 5.87. The summed E-state index contributed by atoms with van der Waals surface area (Å²) in [5.74, 6) is -1.43. The molecule has 0 aliphatic heterocycles. The topological polar surface area (TPSA) is 93.1 Å². The standard InChI is InChI=1S/C17H26O6/c1-6-10(4)17(21)23-16-14(9(2)3)13(22-11(5)19)7-12(8-18)15(16)20/h6-7,9,13-16,18,20H,8H2,1-5H3. The lowest BCUT2D eigenvalue weighted by Gasteiger charge is -2.40. The first-order valence-corrected chi connectivity index (χ1v) is 7.73. The Labute approximate surface area is 136 Å². The molecule has 0 aromatic rings. The number of hydrogen-bond acceptors (Lipinski definition) is 6. The largest absolute Gasteiger partial charge is 0.458 e. The van der Waals surface area contributed by atoms with Gasteiger partial charge in [-0.2, -0.15) is 0 Å². The molecule has 0 aromatic heterocycles. The van der Waals surface area contributed by atoms with Crippen molar-refractivity contribution in [3.05, 3.63) is 23.3 Å². The minimum absolute atomic E-state index is 0.0193. The minimum atomic E-state index is -1.13. The van der Waals surface area contributed by atoms with E-state index in [4.69, 9.17) is 9.47 Å². The molecule has 0 amide bonds. The van der Waals surface area contributed by atoms with Gasteiger partial charge in [-0.05, 0) is 31.4 Å². The summed E-state index contributed by atoms with van der Waals surface area (Å²) in [7, 11) is 0. The molecule has 1 aliphatic carbocycles. The van der Waals surface area contributed by atoms with Gasteiger partial charge < -0.3 is 19.7 Å². The number of allylic oxidation sites excluding steroid dienone is 1. The van der Waals surface area contributed by atoms with E-state index >= 15 is 0 Å². The summed E-state index contributed by atoms with van der Waals surface area (Å²) in [6.07, 6.45) is 0.473. The van der Waals surface area contributed by atoms with E-state index in [2.05, 4.69) is 0 Å². The van der Waals surface area contributed by atoms with Crippen molar-refractivity contribution in [3.8, 4) is 0 Å². The summed E-state index contributed by atoms with van der Waals surface area (Å²) in [6, 6.07) is 0. The van der Waals surface area contributed by atoms with Gasteiger partial charge in [0.1, 0.15) is 18.3 Å². The van der Waals surface area contributed by atoms with Crippen molar-refractivity contribution in [2.45, 2.75) is 52.9 Å². The maximum Gasteiger partial charge on any atom is 0.333 e. The quantitative estimate of drug-likeness (QED) is 0.450. The van der Waals surface area contributed by atoms with E-state index in [0.717, 1.165) is 0 Å². The van der Waals surface area contributed by atoms with E-state index in [1.54, 1.807) is 26.0 Å². The number of aliphatic hydroxyl groups is 2. The van der Waals surface area contributed by atoms with Crippen molar-refractivity contribution in [2.75, 3.05) is 6.61 Å². The predicted molar refractivity (Wildman–Crippen MR) is 84.4 cm³/mol. The zero-order valence-corrected chi connectivity index (χ0v) is 14.3. The van der Waals surface area contributed by atoms with Gasteiger partial charge in [0.2, 0.25) is 0 Å². The Hall–Kier alpha value is -1.66. The van der Waals surface area contributed by atoms with Crippen LogP contribution >= 0.6 is 0 Å². The second-order valence-electron chi connectivity index (χ2n) is 6.08. The zero-order chi connectivity index (χ0) is 17.7. The first kappa shape index (κ1) is 19.4. The van der Waals surface area contributed by atoms with Gasteiger partial charge in [-0.3, -0.25) is 4.79 Å². The molecule has 0 aromatic carbocycles. The summed E-state index contributed by atoms with van der Waals surface area (Å²) in [6.45, 7) is 8.02. The van der Waals surface area contributed by atoms with Crippen molar-refractivity contribution >= 4 is 11.9 Å². The second-order valence-corrected chi connectivity index (χ2v) is 6.08. The van der Waals surface area contributed by atoms with Crippen LogP contribution in [0.25, 0.3) is 0 Å². The van der Waals surface area contributed by atoms with Gasteiger partial charge >= 0.3 is 11.9 Å². The third-order valence-corrected chi connectivity index (χ3v) is 4.08. The first-order valence-electron chi connectivity index (χ1n) is 7.73. The maximum absolute atomic E-state index is 12.1. The molecule has 1 aliphatic rings. The van der Waals surface area contributed by atoms with Crippen LogP contribution < -0.4 is 0 Å². The van der Waals surface area contributed by atoms with E-state index < -0.39 is 42.8 Å².